The van der Waals surface area contributed by atoms with Crippen LogP contribution in [0.2, 0.25) is 5.02 Å². The summed E-state index contributed by atoms with van der Waals surface area (Å²) in [7, 11) is 0. The van der Waals surface area contributed by atoms with E-state index in [0.717, 1.165) is 5.56 Å². The second-order valence-electron chi connectivity index (χ2n) is 6.81. The summed E-state index contributed by atoms with van der Waals surface area (Å²) in [6, 6.07) is 19.0. The van der Waals surface area contributed by atoms with Gasteiger partial charge in [0.05, 0.1) is 16.5 Å². The number of anilines is 3. The third kappa shape index (κ3) is 4.76. The Morgan fingerprint density at radius 2 is 1.71 bits per heavy atom. The summed E-state index contributed by atoms with van der Waals surface area (Å²) in [4.78, 5) is 24.9. The van der Waals surface area contributed by atoms with Gasteiger partial charge in [0.1, 0.15) is 0 Å². The Labute approximate surface area is 182 Å². The van der Waals surface area contributed by atoms with Crippen LogP contribution in [0, 0.1) is 0 Å². The van der Waals surface area contributed by atoms with Gasteiger partial charge in [0.25, 0.3) is 5.91 Å². The maximum atomic E-state index is 12.8. The van der Waals surface area contributed by atoms with Gasteiger partial charge in [-0.25, -0.2) is 4.79 Å². The minimum atomic E-state index is -0.362. The monoisotopic (exact) mass is 434 g/mol. The molecule has 0 radical (unpaired) electrons. The zero-order valence-corrected chi connectivity index (χ0v) is 17.0. The van der Waals surface area contributed by atoms with E-state index < -0.39 is 0 Å². The molecule has 4 aromatic rings. The first-order valence-corrected chi connectivity index (χ1v) is 9.80. The number of aromatic amines is 1. The molecule has 1 heterocycles. The second kappa shape index (κ2) is 8.76. The van der Waals surface area contributed by atoms with Gasteiger partial charge in [0.2, 0.25) is 0 Å². The van der Waals surface area contributed by atoms with Gasteiger partial charge >= 0.3 is 6.03 Å². The topological polar surface area (TPSA) is 125 Å². The zero-order valence-electron chi connectivity index (χ0n) is 16.3. The fourth-order valence-corrected chi connectivity index (χ4v) is 3.36. The first-order chi connectivity index (χ1) is 15.0. The Bertz CT molecular complexity index is 1270. The molecule has 0 unspecified atom stereocenters. The van der Waals surface area contributed by atoms with Gasteiger partial charge in [-0.2, -0.15) is 5.10 Å². The lowest BCUT2D eigenvalue weighted by Crippen LogP contribution is -2.28. The number of carbonyl (C=O) groups is 2. The Balaban J connectivity index is 1.40. The molecule has 3 aromatic carbocycles. The summed E-state index contributed by atoms with van der Waals surface area (Å²) >= 11 is 5.92. The van der Waals surface area contributed by atoms with E-state index in [4.69, 9.17) is 17.3 Å². The van der Waals surface area contributed by atoms with E-state index in [2.05, 4.69) is 26.1 Å². The number of hydrogen-bond acceptors (Lipinski definition) is 4. The smallest absolute Gasteiger partial charge is 0.319 e. The van der Waals surface area contributed by atoms with Gasteiger partial charge < -0.3 is 21.7 Å². The number of aromatic nitrogens is 2. The average Bonchev–Trinajstić information content (AvgIpc) is 3.14. The average molecular weight is 435 g/mol. The van der Waals surface area contributed by atoms with Gasteiger partial charge in [-0.15, -0.1) is 0 Å². The molecule has 31 heavy (non-hydrogen) atoms. The van der Waals surface area contributed by atoms with Crippen molar-refractivity contribution in [1.82, 2.24) is 15.5 Å². The van der Waals surface area contributed by atoms with E-state index in [-0.39, 0.29) is 24.3 Å². The third-order valence-electron chi connectivity index (χ3n) is 4.58. The highest BCUT2D eigenvalue weighted by Gasteiger charge is 2.14. The summed E-state index contributed by atoms with van der Waals surface area (Å²) in [6.07, 6.45) is 0. The number of nitrogen functional groups attached to an aromatic ring is 1. The van der Waals surface area contributed by atoms with Crippen molar-refractivity contribution in [2.75, 3.05) is 16.4 Å². The van der Waals surface area contributed by atoms with Crippen LogP contribution in [0.15, 0.2) is 66.7 Å². The summed E-state index contributed by atoms with van der Waals surface area (Å²) in [5.74, 6) is -0.0353. The Morgan fingerprint density at radius 3 is 2.52 bits per heavy atom. The summed E-state index contributed by atoms with van der Waals surface area (Å²) < 4.78 is 0. The number of halogens is 1. The van der Waals surface area contributed by atoms with Crippen molar-refractivity contribution >= 4 is 51.6 Å². The molecule has 3 amide bonds. The van der Waals surface area contributed by atoms with Crippen molar-refractivity contribution in [1.29, 1.82) is 0 Å². The maximum Gasteiger partial charge on any atom is 0.319 e. The number of benzene rings is 3. The van der Waals surface area contributed by atoms with Gasteiger partial charge in [-0.1, -0.05) is 35.9 Å². The lowest BCUT2D eigenvalue weighted by molar-refractivity contribution is 0.102. The molecule has 0 atom stereocenters. The van der Waals surface area contributed by atoms with Crippen molar-refractivity contribution in [3.8, 4) is 0 Å². The fourth-order valence-electron chi connectivity index (χ4n) is 3.17. The van der Waals surface area contributed by atoms with Crippen LogP contribution in [-0.2, 0) is 6.54 Å². The van der Waals surface area contributed by atoms with E-state index in [0.29, 0.717) is 32.9 Å². The van der Waals surface area contributed by atoms with Crippen LogP contribution in [0.3, 0.4) is 0 Å². The van der Waals surface area contributed by atoms with Crippen molar-refractivity contribution < 1.29 is 9.59 Å². The maximum absolute atomic E-state index is 12.8. The molecular formula is C22H19ClN6O2. The number of nitrogens with one attached hydrogen (secondary N) is 4. The first-order valence-electron chi connectivity index (χ1n) is 9.43. The van der Waals surface area contributed by atoms with Crippen LogP contribution < -0.4 is 21.7 Å². The lowest BCUT2D eigenvalue weighted by Gasteiger charge is -2.10. The van der Waals surface area contributed by atoms with Gasteiger partial charge in [-0.05, 0) is 48.0 Å². The number of H-pyrrole nitrogens is 1. The summed E-state index contributed by atoms with van der Waals surface area (Å²) in [6.45, 7) is 0.278. The van der Waals surface area contributed by atoms with E-state index in [1.54, 1.807) is 60.7 Å². The van der Waals surface area contributed by atoms with E-state index in [9.17, 15) is 9.59 Å². The predicted molar refractivity (Wildman–Crippen MR) is 122 cm³/mol. The molecule has 0 saturated carbocycles. The molecule has 6 N–H and O–H groups in total. The molecule has 0 saturated heterocycles. The van der Waals surface area contributed by atoms with Gasteiger partial charge in [0.15, 0.2) is 5.82 Å². The zero-order chi connectivity index (χ0) is 21.8. The number of rotatable bonds is 5. The highest BCUT2D eigenvalue weighted by molar-refractivity contribution is 6.30. The van der Waals surface area contributed by atoms with E-state index in [1.165, 1.54) is 0 Å². The Hall–Kier alpha value is -4.04. The standard InChI is InChI=1S/C22H19ClN6O2/c23-14-5-2-7-16(11-14)27-22(31)25-12-13-4-1-6-15(10-13)26-21(30)17-8-3-9-18-19(17)20(24)29-28-18/h1-11H,12H2,(H,26,30)(H3,24,28,29)(H2,25,27,31). The number of carbonyl (C=O) groups excluding carboxylic acids is 2. The predicted octanol–water partition coefficient (Wildman–Crippen LogP) is 4.37. The Kier molecular flexibility index (Phi) is 5.72. The molecule has 0 aliphatic heterocycles. The van der Waals surface area contributed by atoms with E-state index in [1.807, 2.05) is 6.07 Å². The van der Waals surface area contributed by atoms with Crippen LogP contribution >= 0.6 is 11.6 Å². The van der Waals surface area contributed by atoms with Crippen LogP contribution in [-0.4, -0.2) is 22.1 Å². The quantitative estimate of drug-likeness (QED) is 0.319. The second-order valence-corrected chi connectivity index (χ2v) is 7.25. The van der Waals surface area contributed by atoms with E-state index >= 15 is 0 Å². The molecule has 0 fully saturated rings. The highest BCUT2D eigenvalue weighted by atomic mass is 35.5. The number of urea groups is 1. The number of nitrogens with zero attached hydrogens (tertiary/aromatic N) is 1. The van der Waals surface area contributed by atoms with Crippen LogP contribution in [0.1, 0.15) is 15.9 Å². The minimum Gasteiger partial charge on any atom is -0.382 e. The molecular weight excluding hydrogens is 416 g/mol. The van der Waals surface area contributed by atoms with Crippen molar-refractivity contribution in [2.24, 2.45) is 0 Å². The minimum absolute atomic E-state index is 0.268. The normalized spacial score (nSPS) is 10.6. The molecule has 8 nitrogen and oxygen atoms in total. The lowest BCUT2D eigenvalue weighted by atomic mass is 10.1. The number of fused-ring (bicyclic) bond motifs is 1. The summed E-state index contributed by atoms with van der Waals surface area (Å²) in [5, 5.41) is 16.2. The first kappa shape index (κ1) is 20.2. The number of nitrogens with two attached hydrogens (primary N) is 1. The van der Waals surface area contributed by atoms with Gasteiger partial charge in [0, 0.05) is 22.9 Å². The molecule has 0 aliphatic rings. The largest absolute Gasteiger partial charge is 0.382 e. The van der Waals surface area contributed by atoms with Gasteiger partial charge in [-0.3, -0.25) is 9.89 Å². The molecule has 0 spiro atoms. The summed E-state index contributed by atoms with van der Waals surface area (Å²) in [5.41, 5.74) is 9.01. The number of hydrogen-bond donors (Lipinski definition) is 5. The van der Waals surface area contributed by atoms with Crippen LogP contribution in [0.5, 0.6) is 0 Å². The Morgan fingerprint density at radius 1 is 0.968 bits per heavy atom. The van der Waals surface area contributed by atoms with Crippen molar-refractivity contribution in [3.63, 3.8) is 0 Å². The van der Waals surface area contributed by atoms with Crippen molar-refractivity contribution in [2.45, 2.75) is 6.54 Å². The van der Waals surface area contributed by atoms with Crippen molar-refractivity contribution in [3.05, 3.63) is 82.9 Å². The molecule has 4 rings (SSSR count). The fraction of sp³-hybridized carbons (Fsp3) is 0.0455. The molecule has 0 bridgehead atoms. The molecule has 0 aliphatic carbocycles. The third-order valence-corrected chi connectivity index (χ3v) is 4.82. The highest BCUT2D eigenvalue weighted by Crippen LogP contribution is 2.23. The van der Waals surface area contributed by atoms with Crippen LogP contribution in [0.4, 0.5) is 22.0 Å². The SMILES string of the molecule is Nc1n[nH]c2cccc(C(=O)Nc3cccc(CNC(=O)Nc4cccc(Cl)c4)c3)c12. The molecule has 9 heteroatoms. The molecule has 1 aromatic heterocycles. The van der Waals surface area contributed by atoms with Crippen LogP contribution in [0.25, 0.3) is 10.9 Å². The number of amides is 3. The molecule has 156 valence electrons.